The lowest BCUT2D eigenvalue weighted by molar-refractivity contribution is -0.142. The quantitative estimate of drug-likeness (QED) is 0.679. The number of amides is 2. The second kappa shape index (κ2) is 10.7. The number of hydrogen-bond acceptors (Lipinski definition) is 4. The van der Waals surface area contributed by atoms with Gasteiger partial charge in [-0.15, -0.1) is 0 Å². The van der Waals surface area contributed by atoms with Gasteiger partial charge in [-0.3, -0.25) is 14.3 Å². The summed E-state index contributed by atoms with van der Waals surface area (Å²) in [6.45, 7) is 1.86. The van der Waals surface area contributed by atoms with Crippen LogP contribution in [0.5, 0.6) is 5.75 Å². The lowest BCUT2D eigenvalue weighted by atomic mass is 9.74. The summed E-state index contributed by atoms with van der Waals surface area (Å²) in [5, 5.41) is 6.57. The van der Waals surface area contributed by atoms with E-state index in [1.807, 2.05) is 18.2 Å². The van der Waals surface area contributed by atoms with Crippen molar-refractivity contribution in [2.75, 3.05) is 26.2 Å². The first-order valence-corrected chi connectivity index (χ1v) is 12.1. The minimum absolute atomic E-state index is 0.120. The zero-order chi connectivity index (χ0) is 24.9. The summed E-state index contributed by atoms with van der Waals surface area (Å²) >= 11 is 0. The fraction of sp³-hybridized carbons (Fsp3) is 0.560. The Morgan fingerprint density at radius 1 is 1.06 bits per heavy atom. The number of alkyl halides is 3. The molecule has 190 valence electrons. The van der Waals surface area contributed by atoms with E-state index >= 15 is 0 Å². The number of halogens is 3. The predicted octanol–water partition coefficient (Wildman–Crippen LogP) is 4.28. The van der Waals surface area contributed by atoms with Crippen LogP contribution in [0, 0.1) is 5.41 Å². The van der Waals surface area contributed by atoms with E-state index in [1.165, 1.54) is 6.20 Å². The number of nitrogens with zero attached hydrogens (tertiary/aromatic N) is 3. The van der Waals surface area contributed by atoms with Crippen molar-refractivity contribution >= 4 is 11.8 Å². The summed E-state index contributed by atoms with van der Waals surface area (Å²) < 4.78 is 45.2. The average Bonchev–Trinajstić information content (AvgIpc) is 3.31. The molecule has 0 radical (unpaired) electrons. The molecule has 1 saturated heterocycles. The van der Waals surface area contributed by atoms with Gasteiger partial charge in [0.1, 0.15) is 12.3 Å². The SMILES string of the molecule is O=C1NCC2(CCCCCCOc3ccccc31)CCN(C(=O)Cn1ccc(C(F)(F)F)n1)CC2. The van der Waals surface area contributed by atoms with Gasteiger partial charge < -0.3 is 15.0 Å². The highest BCUT2D eigenvalue weighted by Gasteiger charge is 2.37. The Hall–Kier alpha value is -3.04. The fourth-order valence-electron chi connectivity index (χ4n) is 4.87. The van der Waals surface area contributed by atoms with E-state index in [0.717, 1.165) is 55.7 Å². The highest BCUT2D eigenvalue weighted by Crippen LogP contribution is 2.37. The van der Waals surface area contributed by atoms with Crippen LogP contribution in [-0.4, -0.2) is 52.7 Å². The Bertz CT molecular complexity index is 1030. The van der Waals surface area contributed by atoms with Crippen molar-refractivity contribution in [1.29, 1.82) is 0 Å². The molecule has 1 spiro atoms. The molecule has 0 saturated carbocycles. The molecule has 7 nitrogen and oxygen atoms in total. The number of carbonyl (C=O) groups is 2. The van der Waals surface area contributed by atoms with Crippen molar-refractivity contribution in [1.82, 2.24) is 20.0 Å². The summed E-state index contributed by atoms with van der Waals surface area (Å²) in [5.41, 5.74) is -0.604. The first-order valence-electron chi connectivity index (χ1n) is 12.1. The predicted molar refractivity (Wildman–Crippen MR) is 123 cm³/mol. The van der Waals surface area contributed by atoms with Crippen molar-refractivity contribution < 1.29 is 27.5 Å². The van der Waals surface area contributed by atoms with E-state index in [4.69, 9.17) is 4.74 Å². The minimum Gasteiger partial charge on any atom is -0.493 e. The highest BCUT2D eigenvalue weighted by atomic mass is 19.4. The van der Waals surface area contributed by atoms with Crippen LogP contribution in [0.15, 0.2) is 36.5 Å². The van der Waals surface area contributed by atoms with E-state index in [9.17, 15) is 22.8 Å². The van der Waals surface area contributed by atoms with E-state index in [0.29, 0.717) is 37.6 Å². The average molecular weight is 493 g/mol. The number of carbonyl (C=O) groups excluding carboxylic acids is 2. The normalized spacial score (nSPS) is 19.5. The summed E-state index contributed by atoms with van der Waals surface area (Å²) in [5.74, 6) is 0.166. The molecule has 35 heavy (non-hydrogen) atoms. The fourth-order valence-corrected chi connectivity index (χ4v) is 4.87. The van der Waals surface area contributed by atoms with Gasteiger partial charge in [0.25, 0.3) is 5.91 Å². The Balaban J connectivity index is 1.38. The summed E-state index contributed by atoms with van der Waals surface area (Å²) in [6, 6.07) is 8.11. The summed E-state index contributed by atoms with van der Waals surface area (Å²) in [4.78, 5) is 27.4. The smallest absolute Gasteiger partial charge is 0.435 e. The van der Waals surface area contributed by atoms with Gasteiger partial charge >= 0.3 is 6.18 Å². The molecule has 0 atom stereocenters. The monoisotopic (exact) mass is 492 g/mol. The maximum atomic E-state index is 12.9. The molecule has 4 rings (SSSR count). The molecule has 10 heteroatoms. The van der Waals surface area contributed by atoms with Crippen LogP contribution in [-0.2, 0) is 17.5 Å². The number of nitrogens with one attached hydrogen (secondary N) is 1. The van der Waals surface area contributed by atoms with Gasteiger partial charge in [0, 0.05) is 25.8 Å². The lowest BCUT2D eigenvalue weighted by Gasteiger charge is -2.42. The Morgan fingerprint density at radius 3 is 2.54 bits per heavy atom. The third kappa shape index (κ3) is 6.35. The van der Waals surface area contributed by atoms with Crippen LogP contribution >= 0.6 is 0 Å². The molecule has 2 aliphatic rings. The van der Waals surface area contributed by atoms with Gasteiger partial charge in [-0.1, -0.05) is 31.4 Å². The molecule has 1 N–H and O–H groups in total. The third-order valence-electron chi connectivity index (χ3n) is 7.02. The van der Waals surface area contributed by atoms with Crippen molar-refractivity contribution in [2.45, 2.75) is 57.7 Å². The van der Waals surface area contributed by atoms with Crippen LogP contribution in [0.3, 0.4) is 0 Å². The van der Waals surface area contributed by atoms with Gasteiger partial charge in [0.15, 0.2) is 5.69 Å². The molecule has 1 aromatic carbocycles. The molecule has 2 aliphatic heterocycles. The van der Waals surface area contributed by atoms with Crippen molar-refractivity contribution in [3.63, 3.8) is 0 Å². The van der Waals surface area contributed by atoms with E-state index < -0.39 is 11.9 Å². The topological polar surface area (TPSA) is 76.5 Å². The largest absolute Gasteiger partial charge is 0.493 e. The van der Waals surface area contributed by atoms with Crippen LogP contribution in [0.1, 0.15) is 61.0 Å². The van der Waals surface area contributed by atoms with Gasteiger partial charge in [-0.05, 0) is 49.3 Å². The number of aromatic nitrogens is 2. The van der Waals surface area contributed by atoms with Crippen LogP contribution in [0.2, 0.25) is 0 Å². The molecule has 0 unspecified atom stereocenters. The maximum Gasteiger partial charge on any atom is 0.435 e. The molecule has 0 aliphatic carbocycles. The molecule has 2 amide bonds. The van der Waals surface area contributed by atoms with E-state index in [2.05, 4.69) is 10.4 Å². The summed E-state index contributed by atoms with van der Waals surface area (Å²) in [6.07, 6.45) is 3.13. The van der Waals surface area contributed by atoms with Gasteiger partial charge in [0.05, 0.1) is 12.2 Å². The lowest BCUT2D eigenvalue weighted by Crippen LogP contribution is -2.48. The second-order valence-electron chi connectivity index (χ2n) is 9.47. The molecule has 2 aromatic rings. The molecule has 0 bridgehead atoms. The van der Waals surface area contributed by atoms with Crippen LogP contribution in [0.4, 0.5) is 13.2 Å². The number of rotatable bonds is 2. The van der Waals surface area contributed by atoms with E-state index in [1.54, 1.807) is 11.0 Å². The van der Waals surface area contributed by atoms with Gasteiger partial charge in [-0.25, -0.2) is 0 Å². The Kier molecular flexibility index (Phi) is 7.66. The Morgan fingerprint density at radius 2 is 1.80 bits per heavy atom. The summed E-state index contributed by atoms with van der Waals surface area (Å²) in [7, 11) is 0. The van der Waals surface area contributed by atoms with Crippen LogP contribution < -0.4 is 10.1 Å². The maximum absolute atomic E-state index is 12.9. The number of benzene rings is 1. The number of hydrogen-bond donors (Lipinski definition) is 1. The first kappa shape index (κ1) is 25.1. The Labute approximate surface area is 202 Å². The van der Waals surface area contributed by atoms with Gasteiger partial charge in [-0.2, -0.15) is 18.3 Å². The minimum atomic E-state index is -4.53. The number of fused-ring (bicyclic) bond motifs is 1. The number of para-hydroxylation sites is 1. The molecular formula is C25H31F3N4O3. The zero-order valence-corrected chi connectivity index (χ0v) is 19.6. The van der Waals surface area contributed by atoms with Gasteiger partial charge in [0.2, 0.25) is 5.91 Å². The van der Waals surface area contributed by atoms with E-state index in [-0.39, 0.29) is 23.8 Å². The first-order chi connectivity index (χ1) is 16.8. The van der Waals surface area contributed by atoms with Crippen molar-refractivity contribution in [3.8, 4) is 5.75 Å². The highest BCUT2D eigenvalue weighted by molar-refractivity contribution is 5.96. The van der Waals surface area contributed by atoms with Crippen molar-refractivity contribution in [2.24, 2.45) is 5.41 Å². The number of likely N-dealkylation sites (tertiary alicyclic amines) is 1. The third-order valence-corrected chi connectivity index (χ3v) is 7.02. The zero-order valence-electron chi connectivity index (χ0n) is 19.6. The number of ether oxygens (including phenoxy) is 1. The molecule has 1 aromatic heterocycles. The molecule has 1 fully saturated rings. The van der Waals surface area contributed by atoms with Crippen molar-refractivity contribution in [3.05, 3.63) is 47.8 Å². The molecule has 3 heterocycles. The second-order valence-corrected chi connectivity index (χ2v) is 9.47. The van der Waals surface area contributed by atoms with Crippen LogP contribution in [0.25, 0.3) is 0 Å². The molecular weight excluding hydrogens is 461 g/mol. The number of piperidine rings is 1. The standard InChI is InChI=1S/C25H31F3N4O3/c26-25(27,28)21-9-13-32(30-21)17-22(33)31-14-11-24(12-15-31)10-5-1-2-6-16-35-20-8-4-3-7-19(20)23(34)29-18-24/h3-4,7-9,13H,1-2,5-6,10-12,14-18H2,(H,29,34).